The number of rotatable bonds is 2. The van der Waals surface area contributed by atoms with Crippen molar-refractivity contribution in [1.29, 1.82) is 0 Å². The lowest BCUT2D eigenvalue weighted by atomic mass is 9.77. The maximum Gasteiger partial charge on any atom is 0.0343 e. The number of benzene rings is 2. The minimum absolute atomic E-state index is 0.0494. The predicted octanol–water partition coefficient (Wildman–Crippen LogP) is 3.49. The van der Waals surface area contributed by atoms with Crippen LogP contribution in [-0.4, -0.2) is 0 Å². The Labute approximate surface area is 109 Å². The zero-order valence-corrected chi connectivity index (χ0v) is 11.2. The molecule has 0 spiro atoms. The number of nitrogen functional groups attached to an aromatic ring is 2. The largest absolute Gasteiger partial charge is 0.399 e. The first-order valence-electron chi connectivity index (χ1n) is 6.14. The van der Waals surface area contributed by atoms with Crippen molar-refractivity contribution in [3.63, 3.8) is 0 Å². The number of hydrogen-bond donors (Lipinski definition) is 2. The first kappa shape index (κ1) is 12.5. The molecule has 0 saturated heterocycles. The Bertz CT molecular complexity index is 554. The Balaban J connectivity index is 2.46. The van der Waals surface area contributed by atoms with Crippen molar-refractivity contribution >= 4 is 11.4 Å². The minimum Gasteiger partial charge on any atom is -0.399 e. The molecule has 2 aromatic carbocycles. The van der Waals surface area contributed by atoms with E-state index in [9.17, 15) is 0 Å². The fraction of sp³-hybridized carbons (Fsp3) is 0.250. The molecule has 2 rings (SSSR count). The zero-order chi connectivity index (χ0) is 13.3. The second-order valence-electron chi connectivity index (χ2n) is 5.32. The van der Waals surface area contributed by atoms with E-state index in [0.717, 1.165) is 16.9 Å². The molecule has 0 aromatic heterocycles. The number of nitrogens with two attached hydrogens (primary N) is 2. The average Bonchev–Trinajstić information content (AvgIpc) is 2.33. The summed E-state index contributed by atoms with van der Waals surface area (Å²) in [6, 6.07) is 14.3. The molecule has 0 amide bonds. The molecule has 0 fully saturated rings. The summed E-state index contributed by atoms with van der Waals surface area (Å²) in [5.74, 6) is 0. The van der Waals surface area contributed by atoms with Crippen molar-refractivity contribution in [2.45, 2.75) is 26.2 Å². The van der Waals surface area contributed by atoms with Gasteiger partial charge in [-0.25, -0.2) is 0 Å². The average molecular weight is 240 g/mol. The quantitative estimate of drug-likeness (QED) is 0.789. The monoisotopic (exact) mass is 240 g/mol. The molecule has 2 aromatic rings. The third-order valence-corrected chi connectivity index (χ3v) is 3.62. The lowest BCUT2D eigenvalue weighted by Gasteiger charge is -2.27. The van der Waals surface area contributed by atoms with Crippen LogP contribution in [0.4, 0.5) is 11.4 Å². The van der Waals surface area contributed by atoms with Gasteiger partial charge in [-0.1, -0.05) is 38.1 Å². The third-order valence-electron chi connectivity index (χ3n) is 3.62. The van der Waals surface area contributed by atoms with Gasteiger partial charge in [-0.15, -0.1) is 0 Å². The van der Waals surface area contributed by atoms with Crippen molar-refractivity contribution in [3.05, 3.63) is 59.2 Å². The normalized spacial score (nSPS) is 11.5. The van der Waals surface area contributed by atoms with E-state index in [-0.39, 0.29) is 5.41 Å². The molecule has 0 atom stereocenters. The maximum absolute atomic E-state index is 5.87. The summed E-state index contributed by atoms with van der Waals surface area (Å²) < 4.78 is 0. The third kappa shape index (κ3) is 2.19. The highest BCUT2D eigenvalue weighted by atomic mass is 14.6. The highest BCUT2D eigenvalue weighted by Crippen LogP contribution is 2.33. The van der Waals surface area contributed by atoms with Crippen LogP contribution in [0.5, 0.6) is 0 Å². The van der Waals surface area contributed by atoms with Gasteiger partial charge in [0.1, 0.15) is 0 Å². The molecular formula is C16H20N2. The topological polar surface area (TPSA) is 52.0 Å². The molecule has 2 nitrogen and oxygen atoms in total. The summed E-state index contributed by atoms with van der Waals surface area (Å²) in [5, 5.41) is 0. The summed E-state index contributed by atoms with van der Waals surface area (Å²) >= 11 is 0. The number of aryl methyl sites for hydroxylation is 1. The van der Waals surface area contributed by atoms with Crippen LogP contribution in [-0.2, 0) is 5.41 Å². The van der Waals surface area contributed by atoms with E-state index in [2.05, 4.69) is 38.1 Å². The Morgan fingerprint density at radius 2 is 1.39 bits per heavy atom. The van der Waals surface area contributed by atoms with Gasteiger partial charge in [-0.05, 0) is 41.8 Å². The highest BCUT2D eigenvalue weighted by Gasteiger charge is 2.23. The van der Waals surface area contributed by atoms with Crippen molar-refractivity contribution in [3.8, 4) is 0 Å². The van der Waals surface area contributed by atoms with Gasteiger partial charge >= 0.3 is 0 Å². The van der Waals surface area contributed by atoms with Crippen molar-refractivity contribution in [2.24, 2.45) is 0 Å². The minimum atomic E-state index is -0.0494. The van der Waals surface area contributed by atoms with Crippen molar-refractivity contribution in [2.75, 3.05) is 11.5 Å². The standard InChI is InChI=1S/C16H20N2/c1-11-10-13(6-9-15(11)18)16(2,3)12-4-7-14(17)8-5-12/h4-10H,17-18H2,1-3H3. The first-order chi connectivity index (χ1) is 8.41. The molecule has 2 heteroatoms. The van der Waals surface area contributed by atoms with Gasteiger partial charge in [0.2, 0.25) is 0 Å². The Kier molecular flexibility index (Phi) is 3.04. The SMILES string of the molecule is Cc1cc(C(C)(C)c2ccc(N)cc2)ccc1N. The van der Waals surface area contributed by atoms with Gasteiger partial charge in [0, 0.05) is 16.8 Å². The Morgan fingerprint density at radius 3 is 1.94 bits per heavy atom. The fourth-order valence-corrected chi connectivity index (χ4v) is 2.13. The lowest BCUT2D eigenvalue weighted by Crippen LogP contribution is -2.19. The summed E-state index contributed by atoms with van der Waals surface area (Å²) in [4.78, 5) is 0. The molecule has 0 heterocycles. The van der Waals surface area contributed by atoms with E-state index in [0.29, 0.717) is 0 Å². The molecule has 0 saturated carbocycles. The van der Waals surface area contributed by atoms with Crippen LogP contribution in [0.15, 0.2) is 42.5 Å². The van der Waals surface area contributed by atoms with Gasteiger partial charge in [-0.2, -0.15) is 0 Å². The highest BCUT2D eigenvalue weighted by molar-refractivity contribution is 5.52. The first-order valence-corrected chi connectivity index (χ1v) is 6.14. The molecule has 0 aliphatic heterocycles. The molecule has 0 bridgehead atoms. The molecule has 18 heavy (non-hydrogen) atoms. The van der Waals surface area contributed by atoms with Crippen LogP contribution >= 0.6 is 0 Å². The summed E-state index contributed by atoms with van der Waals surface area (Å²) in [5.41, 5.74) is 16.8. The van der Waals surface area contributed by atoms with E-state index in [1.165, 1.54) is 11.1 Å². The second-order valence-corrected chi connectivity index (χ2v) is 5.32. The van der Waals surface area contributed by atoms with Gasteiger partial charge in [-0.3, -0.25) is 0 Å². The Hall–Kier alpha value is -1.96. The van der Waals surface area contributed by atoms with Crippen LogP contribution in [0.1, 0.15) is 30.5 Å². The lowest BCUT2D eigenvalue weighted by molar-refractivity contribution is 0.640. The zero-order valence-electron chi connectivity index (χ0n) is 11.2. The fourth-order valence-electron chi connectivity index (χ4n) is 2.13. The van der Waals surface area contributed by atoms with Crippen LogP contribution in [0, 0.1) is 6.92 Å². The van der Waals surface area contributed by atoms with E-state index in [4.69, 9.17) is 11.5 Å². The molecule has 0 unspecified atom stereocenters. The maximum atomic E-state index is 5.87. The van der Waals surface area contributed by atoms with Crippen LogP contribution in [0.2, 0.25) is 0 Å². The Morgan fingerprint density at radius 1 is 0.833 bits per heavy atom. The molecule has 0 aliphatic carbocycles. The summed E-state index contributed by atoms with van der Waals surface area (Å²) in [6.07, 6.45) is 0. The second kappa shape index (κ2) is 4.37. The van der Waals surface area contributed by atoms with Crippen LogP contribution in [0.3, 0.4) is 0 Å². The van der Waals surface area contributed by atoms with Gasteiger partial charge in [0.25, 0.3) is 0 Å². The van der Waals surface area contributed by atoms with E-state index in [1.54, 1.807) is 0 Å². The number of hydrogen-bond acceptors (Lipinski definition) is 2. The molecule has 0 radical (unpaired) electrons. The molecule has 94 valence electrons. The predicted molar refractivity (Wildman–Crippen MR) is 78.6 cm³/mol. The van der Waals surface area contributed by atoms with Gasteiger partial charge in [0.05, 0.1) is 0 Å². The van der Waals surface area contributed by atoms with E-state index < -0.39 is 0 Å². The summed E-state index contributed by atoms with van der Waals surface area (Å²) in [7, 11) is 0. The molecule has 4 N–H and O–H groups in total. The van der Waals surface area contributed by atoms with Gasteiger partial charge < -0.3 is 11.5 Å². The molecule has 0 aliphatic rings. The van der Waals surface area contributed by atoms with E-state index >= 15 is 0 Å². The van der Waals surface area contributed by atoms with E-state index in [1.807, 2.05) is 25.1 Å². The number of anilines is 2. The molecular weight excluding hydrogens is 220 g/mol. The van der Waals surface area contributed by atoms with Crippen LogP contribution < -0.4 is 11.5 Å². The summed E-state index contributed by atoms with van der Waals surface area (Å²) in [6.45, 7) is 6.46. The van der Waals surface area contributed by atoms with Gasteiger partial charge in [0.15, 0.2) is 0 Å². The van der Waals surface area contributed by atoms with Crippen molar-refractivity contribution in [1.82, 2.24) is 0 Å². The smallest absolute Gasteiger partial charge is 0.0343 e. The van der Waals surface area contributed by atoms with Crippen LogP contribution in [0.25, 0.3) is 0 Å². The van der Waals surface area contributed by atoms with Crippen molar-refractivity contribution < 1.29 is 0 Å².